The van der Waals surface area contributed by atoms with Gasteiger partial charge in [-0.25, -0.2) is 9.59 Å². The number of aliphatic carboxylic acids is 1. The van der Waals surface area contributed by atoms with Crippen LogP contribution in [0, 0.1) is 5.92 Å². The van der Waals surface area contributed by atoms with E-state index in [2.05, 4.69) is 10.6 Å². The van der Waals surface area contributed by atoms with E-state index in [1.54, 1.807) is 20.8 Å². The number of aliphatic hydroxyl groups excluding tert-OH is 1. The van der Waals surface area contributed by atoms with Crippen molar-refractivity contribution >= 4 is 18.0 Å². The fourth-order valence-electron chi connectivity index (χ4n) is 3.81. The van der Waals surface area contributed by atoms with Crippen molar-refractivity contribution < 1.29 is 29.3 Å². The molecule has 1 saturated carbocycles. The van der Waals surface area contributed by atoms with Crippen LogP contribution in [0.25, 0.3) is 0 Å². The third-order valence-electron chi connectivity index (χ3n) is 5.31. The topological polar surface area (TPSA) is 125 Å². The number of carboxylic acids is 1. The van der Waals surface area contributed by atoms with Crippen molar-refractivity contribution in [2.75, 3.05) is 0 Å². The Kier molecular flexibility index (Phi) is 8.86. The SMILES string of the molecule is CC(C)(C)OC(=O)N[C@H](Cc1ccccc1)[C@H](O)C(=O)NC(CC1CCCC1)C(=O)O. The zero-order chi connectivity index (χ0) is 23.0. The van der Waals surface area contributed by atoms with E-state index in [1.165, 1.54) is 0 Å². The van der Waals surface area contributed by atoms with Crippen LogP contribution in [0.5, 0.6) is 0 Å². The average Bonchev–Trinajstić information content (AvgIpc) is 3.18. The van der Waals surface area contributed by atoms with Gasteiger partial charge in [-0.05, 0) is 45.1 Å². The summed E-state index contributed by atoms with van der Waals surface area (Å²) in [4.78, 5) is 36.6. The first kappa shape index (κ1) is 24.7. The fourth-order valence-corrected chi connectivity index (χ4v) is 3.81. The summed E-state index contributed by atoms with van der Waals surface area (Å²) in [6.45, 7) is 5.13. The maximum Gasteiger partial charge on any atom is 0.407 e. The second kappa shape index (κ2) is 11.1. The third kappa shape index (κ3) is 8.57. The zero-order valence-electron chi connectivity index (χ0n) is 18.5. The van der Waals surface area contributed by atoms with Gasteiger partial charge in [0.25, 0.3) is 5.91 Å². The van der Waals surface area contributed by atoms with E-state index < -0.39 is 41.8 Å². The van der Waals surface area contributed by atoms with Crippen LogP contribution in [0.1, 0.15) is 58.4 Å². The Morgan fingerprint density at radius 2 is 1.71 bits per heavy atom. The minimum atomic E-state index is -1.64. The lowest BCUT2D eigenvalue weighted by Crippen LogP contribution is -2.55. The van der Waals surface area contributed by atoms with Crippen LogP contribution in [0.15, 0.2) is 30.3 Å². The summed E-state index contributed by atoms with van der Waals surface area (Å²) >= 11 is 0. The monoisotopic (exact) mass is 434 g/mol. The molecule has 0 aromatic heterocycles. The van der Waals surface area contributed by atoms with Crippen LogP contribution < -0.4 is 10.6 Å². The lowest BCUT2D eigenvalue weighted by Gasteiger charge is -2.27. The molecule has 2 rings (SSSR count). The van der Waals surface area contributed by atoms with E-state index in [0.29, 0.717) is 6.42 Å². The number of benzene rings is 1. The van der Waals surface area contributed by atoms with Gasteiger partial charge < -0.3 is 25.6 Å². The minimum Gasteiger partial charge on any atom is -0.480 e. The molecule has 1 aliphatic carbocycles. The van der Waals surface area contributed by atoms with Crippen molar-refractivity contribution in [1.29, 1.82) is 0 Å². The largest absolute Gasteiger partial charge is 0.480 e. The summed E-state index contributed by atoms with van der Waals surface area (Å²) in [5.41, 5.74) is 0.0562. The smallest absolute Gasteiger partial charge is 0.407 e. The van der Waals surface area contributed by atoms with Gasteiger partial charge in [0, 0.05) is 0 Å². The zero-order valence-corrected chi connectivity index (χ0v) is 18.5. The van der Waals surface area contributed by atoms with Crippen LogP contribution in [-0.4, -0.2) is 52.0 Å². The number of carboxylic acid groups (broad SMARTS) is 1. The average molecular weight is 435 g/mol. The van der Waals surface area contributed by atoms with Crippen molar-refractivity contribution in [1.82, 2.24) is 10.6 Å². The number of ether oxygens (including phenoxy) is 1. The molecule has 0 spiro atoms. The van der Waals surface area contributed by atoms with E-state index in [-0.39, 0.29) is 12.3 Å². The summed E-state index contributed by atoms with van der Waals surface area (Å²) in [5, 5.41) is 25.2. The van der Waals surface area contributed by atoms with E-state index >= 15 is 0 Å². The van der Waals surface area contributed by atoms with Gasteiger partial charge in [0.15, 0.2) is 6.10 Å². The first-order valence-electron chi connectivity index (χ1n) is 10.8. The minimum absolute atomic E-state index is 0.176. The Labute approximate surface area is 183 Å². The lowest BCUT2D eigenvalue weighted by atomic mass is 9.97. The quantitative estimate of drug-likeness (QED) is 0.474. The van der Waals surface area contributed by atoms with Gasteiger partial charge in [-0.3, -0.25) is 4.79 Å². The van der Waals surface area contributed by atoms with Crippen LogP contribution in [0.2, 0.25) is 0 Å². The molecule has 2 amide bonds. The molecule has 1 aromatic rings. The standard InChI is InChI=1S/C23H34N2O6/c1-23(2,3)31-22(30)25-17(13-15-9-5-4-6-10-15)19(26)20(27)24-18(21(28)29)14-16-11-7-8-12-16/h4-6,9-10,16-19,26H,7-8,11-14H2,1-3H3,(H,24,27)(H,25,30)(H,28,29)/t17-,18?,19+/m1/s1. The van der Waals surface area contributed by atoms with E-state index in [9.17, 15) is 24.6 Å². The molecule has 4 N–H and O–H groups in total. The van der Waals surface area contributed by atoms with Crippen molar-refractivity contribution in [3.63, 3.8) is 0 Å². The van der Waals surface area contributed by atoms with Gasteiger partial charge in [-0.2, -0.15) is 0 Å². The highest BCUT2D eigenvalue weighted by Crippen LogP contribution is 2.28. The molecule has 0 radical (unpaired) electrons. The summed E-state index contributed by atoms with van der Waals surface area (Å²) in [7, 11) is 0. The number of hydrogen-bond acceptors (Lipinski definition) is 5. The molecule has 31 heavy (non-hydrogen) atoms. The second-order valence-corrected chi connectivity index (χ2v) is 9.17. The van der Waals surface area contributed by atoms with Crippen molar-refractivity contribution in [3.05, 3.63) is 35.9 Å². The van der Waals surface area contributed by atoms with E-state index in [4.69, 9.17) is 4.74 Å². The molecule has 1 aromatic carbocycles. The summed E-state index contributed by atoms with van der Waals surface area (Å²) in [5.74, 6) is -1.71. The van der Waals surface area contributed by atoms with Gasteiger partial charge in [0.2, 0.25) is 0 Å². The van der Waals surface area contributed by atoms with Gasteiger partial charge in [-0.15, -0.1) is 0 Å². The van der Waals surface area contributed by atoms with Gasteiger partial charge >= 0.3 is 12.1 Å². The van der Waals surface area contributed by atoms with Gasteiger partial charge in [0.05, 0.1) is 6.04 Å². The molecular weight excluding hydrogens is 400 g/mol. The summed E-state index contributed by atoms with van der Waals surface area (Å²) in [6, 6.07) is 7.03. The first-order chi connectivity index (χ1) is 14.5. The molecule has 3 atom stereocenters. The maximum atomic E-state index is 12.7. The second-order valence-electron chi connectivity index (χ2n) is 9.17. The Morgan fingerprint density at radius 3 is 2.26 bits per heavy atom. The normalized spacial score (nSPS) is 17.4. The number of carbonyl (C=O) groups excluding carboxylic acids is 2. The Balaban J connectivity index is 2.09. The number of rotatable bonds is 9. The highest BCUT2D eigenvalue weighted by Gasteiger charge is 2.33. The molecule has 1 aliphatic rings. The molecule has 8 nitrogen and oxygen atoms in total. The molecule has 8 heteroatoms. The molecule has 0 aliphatic heterocycles. The maximum absolute atomic E-state index is 12.7. The van der Waals surface area contributed by atoms with E-state index in [0.717, 1.165) is 31.2 Å². The molecule has 0 heterocycles. The molecule has 1 unspecified atom stereocenters. The van der Waals surface area contributed by atoms with E-state index in [1.807, 2.05) is 30.3 Å². The van der Waals surface area contributed by atoms with Crippen LogP contribution in [0.3, 0.4) is 0 Å². The van der Waals surface area contributed by atoms with Crippen LogP contribution in [0.4, 0.5) is 4.79 Å². The van der Waals surface area contributed by atoms with Gasteiger partial charge in [-0.1, -0.05) is 56.0 Å². The number of nitrogens with one attached hydrogen (secondary N) is 2. The number of amides is 2. The number of aliphatic hydroxyl groups is 1. The van der Waals surface area contributed by atoms with Crippen LogP contribution >= 0.6 is 0 Å². The summed E-state index contributed by atoms with van der Waals surface area (Å²) < 4.78 is 5.26. The highest BCUT2D eigenvalue weighted by atomic mass is 16.6. The third-order valence-corrected chi connectivity index (χ3v) is 5.31. The fraction of sp³-hybridized carbons (Fsp3) is 0.609. The number of hydrogen-bond donors (Lipinski definition) is 4. The van der Waals surface area contributed by atoms with Gasteiger partial charge in [0.1, 0.15) is 11.6 Å². The summed E-state index contributed by atoms with van der Waals surface area (Å²) in [6.07, 6.45) is 2.11. The lowest BCUT2D eigenvalue weighted by molar-refractivity contribution is -0.144. The first-order valence-corrected chi connectivity index (χ1v) is 10.8. The number of carbonyl (C=O) groups is 3. The highest BCUT2D eigenvalue weighted by molar-refractivity contribution is 5.87. The molecule has 0 saturated heterocycles. The Morgan fingerprint density at radius 1 is 1.10 bits per heavy atom. The predicted molar refractivity (Wildman–Crippen MR) is 115 cm³/mol. The molecule has 172 valence electrons. The van der Waals surface area contributed by atoms with Crippen molar-refractivity contribution in [2.24, 2.45) is 5.92 Å². The Bertz CT molecular complexity index is 740. The molecule has 0 bridgehead atoms. The molecular formula is C23H34N2O6. The number of alkyl carbamates (subject to hydrolysis) is 1. The van der Waals surface area contributed by atoms with Crippen LogP contribution in [-0.2, 0) is 20.7 Å². The molecule has 1 fully saturated rings. The van der Waals surface area contributed by atoms with Crippen molar-refractivity contribution in [3.8, 4) is 0 Å². The Hall–Kier alpha value is -2.61. The predicted octanol–water partition coefficient (Wildman–Crippen LogP) is 2.63. The van der Waals surface area contributed by atoms with Crippen molar-refractivity contribution in [2.45, 2.75) is 83.1 Å².